The maximum atomic E-state index is 12.8. The molecule has 0 saturated carbocycles. The Balaban J connectivity index is 1.77. The minimum Gasteiger partial charge on any atom is -0.497 e. The lowest BCUT2D eigenvalue weighted by atomic mass is 10.1. The van der Waals surface area contributed by atoms with Gasteiger partial charge in [-0.1, -0.05) is 24.3 Å². The Morgan fingerprint density at radius 2 is 2.20 bits per heavy atom. The summed E-state index contributed by atoms with van der Waals surface area (Å²) in [5.74, 6) is 1.83. The third kappa shape index (κ3) is 3.99. The zero-order chi connectivity index (χ0) is 17.6. The Labute approximate surface area is 148 Å². The second-order valence-corrected chi connectivity index (χ2v) is 6.06. The first-order valence-electron chi connectivity index (χ1n) is 8.41. The van der Waals surface area contributed by atoms with Crippen LogP contribution in [0.15, 0.2) is 55.3 Å². The molecule has 0 atom stereocenters. The molecule has 0 spiro atoms. The molecule has 1 aromatic carbocycles. The monoisotopic (exact) mass is 337 g/mol. The molecule has 3 rings (SSSR count). The largest absolute Gasteiger partial charge is 0.497 e. The van der Waals surface area contributed by atoms with E-state index in [1.807, 2.05) is 47.4 Å². The number of ether oxygens (including phenoxy) is 1. The number of amides is 1. The Bertz CT molecular complexity index is 760. The number of anilines is 1. The van der Waals surface area contributed by atoms with Crippen LogP contribution in [-0.2, 0) is 17.8 Å². The molecule has 0 fully saturated rings. The highest BCUT2D eigenvalue weighted by Gasteiger charge is 2.23. The third-order valence-corrected chi connectivity index (χ3v) is 4.36. The molecule has 1 aliphatic rings. The van der Waals surface area contributed by atoms with Crippen LogP contribution < -0.4 is 9.64 Å². The van der Waals surface area contributed by atoms with Gasteiger partial charge in [0, 0.05) is 37.9 Å². The Morgan fingerprint density at radius 1 is 1.32 bits per heavy atom. The molecule has 0 radical (unpaired) electrons. The molecule has 0 bridgehead atoms. The Kier molecular flexibility index (Phi) is 5.33. The van der Waals surface area contributed by atoms with E-state index in [4.69, 9.17) is 4.74 Å². The van der Waals surface area contributed by atoms with E-state index in [9.17, 15) is 4.79 Å². The highest BCUT2D eigenvalue weighted by molar-refractivity contribution is 5.79. The van der Waals surface area contributed by atoms with Crippen molar-refractivity contribution in [2.75, 3.05) is 31.6 Å². The smallest absolute Gasteiger partial charge is 0.227 e. The van der Waals surface area contributed by atoms with Crippen LogP contribution in [0.4, 0.5) is 5.82 Å². The molecule has 0 N–H and O–H groups in total. The molecule has 5 heteroatoms. The summed E-state index contributed by atoms with van der Waals surface area (Å²) in [6.07, 6.45) is 4.03. The van der Waals surface area contributed by atoms with Gasteiger partial charge in [0.1, 0.15) is 11.6 Å². The van der Waals surface area contributed by atoms with Crippen molar-refractivity contribution in [1.29, 1.82) is 0 Å². The van der Waals surface area contributed by atoms with Crippen LogP contribution in [-0.4, -0.2) is 42.5 Å². The van der Waals surface area contributed by atoms with Gasteiger partial charge in [-0.2, -0.15) is 0 Å². The third-order valence-electron chi connectivity index (χ3n) is 4.36. The topological polar surface area (TPSA) is 45.7 Å². The molecule has 2 heterocycles. The van der Waals surface area contributed by atoms with E-state index in [1.165, 1.54) is 0 Å². The van der Waals surface area contributed by atoms with Crippen LogP contribution in [0.3, 0.4) is 0 Å². The van der Waals surface area contributed by atoms with E-state index in [0.717, 1.165) is 35.8 Å². The quantitative estimate of drug-likeness (QED) is 0.787. The molecule has 0 saturated heterocycles. The molecule has 1 amide bonds. The molecule has 25 heavy (non-hydrogen) atoms. The van der Waals surface area contributed by atoms with Gasteiger partial charge in [0.25, 0.3) is 0 Å². The highest BCUT2D eigenvalue weighted by Crippen LogP contribution is 2.23. The zero-order valence-corrected chi connectivity index (χ0v) is 14.5. The van der Waals surface area contributed by atoms with E-state index in [-0.39, 0.29) is 5.91 Å². The van der Waals surface area contributed by atoms with Crippen LogP contribution >= 0.6 is 0 Å². The van der Waals surface area contributed by atoms with Crippen molar-refractivity contribution in [2.45, 2.75) is 13.0 Å². The van der Waals surface area contributed by atoms with Gasteiger partial charge in [0.15, 0.2) is 0 Å². The van der Waals surface area contributed by atoms with Crippen molar-refractivity contribution in [2.24, 2.45) is 0 Å². The van der Waals surface area contributed by atoms with Crippen molar-refractivity contribution in [3.8, 4) is 5.75 Å². The summed E-state index contributed by atoms with van der Waals surface area (Å²) in [4.78, 5) is 21.4. The maximum Gasteiger partial charge on any atom is 0.227 e. The van der Waals surface area contributed by atoms with Gasteiger partial charge < -0.3 is 14.5 Å². The summed E-state index contributed by atoms with van der Waals surface area (Å²) in [7, 11) is 1.63. The predicted molar refractivity (Wildman–Crippen MR) is 98.8 cm³/mol. The zero-order valence-electron chi connectivity index (χ0n) is 14.5. The standard InChI is InChI=1S/C20H23N3O2/c1-3-10-22-11-12-23(15-17-7-5-9-21-20(17)22)19(24)14-16-6-4-8-18(13-16)25-2/h3-9,13H,1,10-12,14-15H2,2H3. The minimum atomic E-state index is 0.114. The molecule has 1 aromatic heterocycles. The minimum absolute atomic E-state index is 0.114. The first-order valence-corrected chi connectivity index (χ1v) is 8.41. The van der Waals surface area contributed by atoms with Gasteiger partial charge in [-0.3, -0.25) is 4.79 Å². The normalized spacial score (nSPS) is 13.8. The van der Waals surface area contributed by atoms with Crippen molar-refractivity contribution in [3.05, 3.63) is 66.4 Å². The van der Waals surface area contributed by atoms with Gasteiger partial charge in [0.2, 0.25) is 5.91 Å². The Morgan fingerprint density at radius 3 is 3.00 bits per heavy atom. The summed E-state index contributed by atoms with van der Waals surface area (Å²) >= 11 is 0. The SMILES string of the molecule is C=CCN1CCN(C(=O)Cc2cccc(OC)c2)Cc2cccnc21. The number of fused-ring (bicyclic) bond motifs is 1. The van der Waals surface area contributed by atoms with E-state index >= 15 is 0 Å². The lowest BCUT2D eigenvalue weighted by Crippen LogP contribution is -2.36. The lowest BCUT2D eigenvalue weighted by Gasteiger charge is -2.22. The maximum absolute atomic E-state index is 12.8. The fourth-order valence-corrected chi connectivity index (χ4v) is 3.09. The number of benzene rings is 1. The fourth-order valence-electron chi connectivity index (χ4n) is 3.09. The van der Waals surface area contributed by atoms with Crippen LogP contribution in [0, 0.1) is 0 Å². The van der Waals surface area contributed by atoms with E-state index in [1.54, 1.807) is 13.3 Å². The molecule has 130 valence electrons. The Hall–Kier alpha value is -2.82. The average Bonchev–Trinajstić information content (AvgIpc) is 2.82. The second-order valence-electron chi connectivity index (χ2n) is 6.06. The molecular weight excluding hydrogens is 314 g/mol. The van der Waals surface area contributed by atoms with Crippen molar-refractivity contribution < 1.29 is 9.53 Å². The van der Waals surface area contributed by atoms with Crippen molar-refractivity contribution >= 4 is 11.7 Å². The first-order chi connectivity index (χ1) is 12.2. The number of hydrogen-bond donors (Lipinski definition) is 0. The summed E-state index contributed by atoms with van der Waals surface area (Å²) in [5, 5.41) is 0. The van der Waals surface area contributed by atoms with Gasteiger partial charge in [-0.05, 0) is 23.8 Å². The van der Waals surface area contributed by atoms with Gasteiger partial charge in [-0.15, -0.1) is 6.58 Å². The van der Waals surface area contributed by atoms with Crippen LogP contribution in [0.1, 0.15) is 11.1 Å². The number of methoxy groups -OCH3 is 1. The molecule has 0 aliphatic carbocycles. The van der Waals surface area contributed by atoms with Gasteiger partial charge >= 0.3 is 0 Å². The number of carbonyl (C=O) groups is 1. The summed E-state index contributed by atoms with van der Waals surface area (Å²) < 4.78 is 5.24. The molecule has 0 unspecified atom stereocenters. The van der Waals surface area contributed by atoms with E-state index in [0.29, 0.717) is 19.5 Å². The van der Waals surface area contributed by atoms with Crippen LogP contribution in [0.5, 0.6) is 5.75 Å². The van der Waals surface area contributed by atoms with Crippen LogP contribution in [0.2, 0.25) is 0 Å². The number of carbonyl (C=O) groups excluding carboxylic acids is 1. The van der Waals surface area contributed by atoms with Gasteiger partial charge in [-0.25, -0.2) is 4.98 Å². The number of aromatic nitrogens is 1. The summed E-state index contributed by atoms with van der Waals surface area (Å²) in [6, 6.07) is 11.6. The van der Waals surface area contributed by atoms with Gasteiger partial charge in [0.05, 0.1) is 13.5 Å². The fraction of sp³-hybridized carbons (Fsp3) is 0.300. The van der Waals surface area contributed by atoms with E-state index in [2.05, 4.69) is 16.5 Å². The number of rotatable bonds is 5. The summed E-state index contributed by atoms with van der Waals surface area (Å²) in [6.45, 7) is 6.55. The highest BCUT2D eigenvalue weighted by atomic mass is 16.5. The molecular formula is C20H23N3O2. The van der Waals surface area contributed by atoms with Crippen LogP contribution in [0.25, 0.3) is 0 Å². The molecule has 2 aromatic rings. The number of hydrogen-bond acceptors (Lipinski definition) is 4. The predicted octanol–water partition coefficient (Wildman–Crippen LogP) is 2.67. The summed E-state index contributed by atoms with van der Waals surface area (Å²) in [5.41, 5.74) is 2.03. The number of pyridine rings is 1. The first kappa shape index (κ1) is 17.0. The number of nitrogens with zero attached hydrogens (tertiary/aromatic N) is 3. The average molecular weight is 337 g/mol. The molecule has 5 nitrogen and oxygen atoms in total. The molecule has 1 aliphatic heterocycles. The lowest BCUT2D eigenvalue weighted by molar-refractivity contribution is -0.130. The van der Waals surface area contributed by atoms with Crippen molar-refractivity contribution in [1.82, 2.24) is 9.88 Å². The second kappa shape index (κ2) is 7.83. The van der Waals surface area contributed by atoms with Crippen molar-refractivity contribution in [3.63, 3.8) is 0 Å². The van der Waals surface area contributed by atoms with E-state index < -0.39 is 0 Å².